The number of hydrogen-bond donors (Lipinski definition) is 2. The lowest BCUT2D eigenvalue weighted by molar-refractivity contribution is -0.140. The summed E-state index contributed by atoms with van der Waals surface area (Å²) in [5.74, 6) is 0.162. The van der Waals surface area contributed by atoms with Crippen LogP contribution in [0.25, 0.3) is 0 Å². The van der Waals surface area contributed by atoms with E-state index in [-0.39, 0.29) is 30.5 Å². The van der Waals surface area contributed by atoms with Crippen molar-refractivity contribution >= 4 is 11.6 Å². The first kappa shape index (κ1) is 14.4. The molecule has 1 aromatic rings. The van der Waals surface area contributed by atoms with Crippen molar-refractivity contribution in [1.29, 1.82) is 0 Å². The molecule has 4 nitrogen and oxygen atoms in total. The average Bonchev–Trinajstić information content (AvgIpc) is 2.53. The van der Waals surface area contributed by atoms with Gasteiger partial charge in [-0.3, -0.25) is 4.79 Å². The van der Waals surface area contributed by atoms with Crippen molar-refractivity contribution in [2.24, 2.45) is 5.92 Å². The molecule has 0 saturated carbocycles. The number of rotatable bonds is 2. The van der Waals surface area contributed by atoms with Gasteiger partial charge in [0.15, 0.2) is 0 Å². The lowest BCUT2D eigenvalue weighted by Crippen LogP contribution is -2.52. The minimum absolute atomic E-state index is 0.00983. The Hall–Kier alpha value is -1.55. The van der Waals surface area contributed by atoms with E-state index in [0.717, 1.165) is 37.9 Å². The zero-order chi connectivity index (χ0) is 14.8. The molecule has 1 fully saturated rings. The summed E-state index contributed by atoms with van der Waals surface area (Å²) in [6.45, 7) is 2.95. The first-order valence-electron chi connectivity index (χ1n) is 7.96. The number of aliphatic hydroxyl groups is 1. The van der Waals surface area contributed by atoms with Crippen LogP contribution in [0.3, 0.4) is 0 Å². The highest BCUT2D eigenvalue weighted by atomic mass is 16.3. The monoisotopic (exact) mass is 288 g/mol. The molecule has 2 aliphatic heterocycles. The Kier molecular flexibility index (Phi) is 4.15. The van der Waals surface area contributed by atoms with Gasteiger partial charge >= 0.3 is 0 Å². The number of aliphatic hydroxyl groups excluding tert-OH is 1. The highest BCUT2D eigenvalue weighted by Crippen LogP contribution is 2.30. The van der Waals surface area contributed by atoms with Crippen LogP contribution in [-0.2, 0) is 11.2 Å². The van der Waals surface area contributed by atoms with E-state index in [9.17, 15) is 9.90 Å². The van der Waals surface area contributed by atoms with E-state index < -0.39 is 0 Å². The Morgan fingerprint density at radius 3 is 3.00 bits per heavy atom. The molecule has 1 amide bonds. The molecule has 1 aromatic carbocycles. The van der Waals surface area contributed by atoms with E-state index in [2.05, 4.69) is 24.4 Å². The van der Waals surface area contributed by atoms with Gasteiger partial charge in [0, 0.05) is 18.3 Å². The van der Waals surface area contributed by atoms with E-state index in [1.807, 2.05) is 17.0 Å². The van der Waals surface area contributed by atoms with Crippen LogP contribution < -0.4 is 5.32 Å². The molecular formula is C17H24N2O2. The third kappa shape index (κ3) is 2.77. The molecule has 1 saturated heterocycles. The van der Waals surface area contributed by atoms with Gasteiger partial charge in [-0.1, -0.05) is 18.2 Å². The largest absolute Gasteiger partial charge is 0.394 e. The number of benzene rings is 1. The van der Waals surface area contributed by atoms with Gasteiger partial charge < -0.3 is 15.3 Å². The minimum Gasteiger partial charge on any atom is -0.394 e. The highest BCUT2D eigenvalue weighted by Gasteiger charge is 2.36. The SMILES string of the molecule is CC1Nc2ccccc2CC1C(=O)N1CCCCC1CO. The van der Waals surface area contributed by atoms with Crippen molar-refractivity contribution < 1.29 is 9.90 Å². The Labute approximate surface area is 126 Å². The molecule has 21 heavy (non-hydrogen) atoms. The van der Waals surface area contributed by atoms with Crippen LogP contribution in [0.4, 0.5) is 5.69 Å². The van der Waals surface area contributed by atoms with Crippen LogP contribution in [0.2, 0.25) is 0 Å². The average molecular weight is 288 g/mol. The fourth-order valence-electron chi connectivity index (χ4n) is 3.59. The number of hydrogen-bond acceptors (Lipinski definition) is 3. The van der Waals surface area contributed by atoms with Crippen molar-refractivity contribution in [3.63, 3.8) is 0 Å². The summed E-state index contributed by atoms with van der Waals surface area (Å²) in [5.41, 5.74) is 2.36. The Balaban J connectivity index is 1.78. The maximum atomic E-state index is 12.9. The van der Waals surface area contributed by atoms with Crippen LogP contribution >= 0.6 is 0 Å². The van der Waals surface area contributed by atoms with Gasteiger partial charge in [-0.15, -0.1) is 0 Å². The van der Waals surface area contributed by atoms with Gasteiger partial charge in [-0.25, -0.2) is 0 Å². The van der Waals surface area contributed by atoms with Crippen molar-refractivity contribution in [2.45, 2.75) is 44.7 Å². The van der Waals surface area contributed by atoms with Gasteiger partial charge in [0.1, 0.15) is 0 Å². The first-order chi connectivity index (χ1) is 10.2. The zero-order valence-corrected chi connectivity index (χ0v) is 12.6. The van der Waals surface area contributed by atoms with Gasteiger partial charge in [0.05, 0.1) is 18.6 Å². The number of amides is 1. The molecule has 0 bridgehead atoms. The number of piperidine rings is 1. The standard InChI is InChI=1S/C17H24N2O2/c1-12-15(10-13-6-2-3-8-16(13)18-12)17(21)19-9-5-4-7-14(19)11-20/h2-3,6,8,12,14-15,18,20H,4-5,7,9-11H2,1H3. The summed E-state index contributed by atoms with van der Waals surface area (Å²) in [4.78, 5) is 14.8. The quantitative estimate of drug-likeness (QED) is 0.875. The van der Waals surface area contributed by atoms with Crippen LogP contribution in [-0.4, -0.2) is 41.1 Å². The molecule has 2 aliphatic rings. The summed E-state index contributed by atoms with van der Waals surface area (Å²) < 4.78 is 0. The number of nitrogens with zero attached hydrogens (tertiary/aromatic N) is 1. The van der Waals surface area contributed by atoms with Crippen LogP contribution in [0, 0.1) is 5.92 Å². The van der Waals surface area contributed by atoms with Crippen LogP contribution in [0.1, 0.15) is 31.7 Å². The third-order valence-corrected chi connectivity index (χ3v) is 4.88. The van der Waals surface area contributed by atoms with E-state index in [4.69, 9.17) is 0 Å². The second-order valence-corrected chi connectivity index (χ2v) is 6.26. The van der Waals surface area contributed by atoms with Gasteiger partial charge in [-0.05, 0) is 44.2 Å². The molecule has 4 heteroatoms. The number of carbonyl (C=O) groups excluding carboxylic acids is 1. The van der Waals surface area contributed by atoms with Crippen molar-refractivity contribution in [2.75, 3.05) is 18.5 Å². The second-order valence-electron chi connectivity index (χ2n) is 6.26. The summed E-state index contributed by atoms with van der Waals surface area (Å²) in [7, 11) is 0. The predicted molar refractivity (Wildman–Crippen MR) is 83.2 cm³/mol. The Morgan fingerprint density at radius 2 is 2.19 bits per heavy atom. The first-order valence-corrected chi connectivity index (χ1v) is 7.96. The van der Waals surface area contributed by atoms with Gasteiger partial charge in [0.25, 0.3) is 0 Å². The lowest BCUT2D eigenvalue weighted by Gasteiger charge is -2.40. The number of carbonyl (C=O) groups is 1. The molecule has 114 valence electrons. The van der Waals surface area contributed by atoms with Crippen molar-refractivity contribution in [3.8, 4) is 0 Å². The molecule has 3 atom stereocenters. The fourth-order valence-corrected chi connectivity index (χ4v) is 3.59. The van der Waals surface area contributed by atoms with E-state index in [1.54, 1.807) is 0 Å². The molecule has 0 aliphatic carbocycles. The Morgan fingerprint density at radius 1 is 1.38 bits per heavy atom. The van der Waals surface area contributed by atoms with E-state index in [0.29, 0.717) is 0 Å². The smallest absolute Gasteiger partial charge is 0.228 e. The maximum Gasteiger partial charge on any atom is 0.228 e. The Bertz CT molecular complexity index is 517. The predicted octanol–water partition coefficient (Wildman–Crippen LogP) is 2.03. The minimum atomic E-state index is -0.0351. The molecule has 0 aromatic heterocycles. The van der Waals surface area contributed by atoms with Gasteiger partial charge in [-0.2, -0.15) is 0 Å². The van der Waals surface area contributed by atoms with Crippen molar-refractivity contribution in [1.82, 2.24) is 4.90 Å². The molecule has 2 heterocycles. The molecule has 2 N–H and O–H groups in total. The fraction of sp³-hybridized carbons (Fsp3) is 0.588. The lowest BCUT2D eigenvalue weighted by atomic mass is 9.86. The summed E-state index contributed by atoms with van der Waals surface area (Å²) >= 11 is 0. The summed E-state index contributed by atoms with van der Waals surface area (Å²) in [5, 5.41) is 13.0. The van der Waals surface area contributed by atoms with Gasteiger partial charge in [0.2, 0.25) is 5.91 Å². The van der Waals surface area contributed by atoms with E-state index >= 15 is 0 Å². The molecule has 0 spiro atoms. The topological polar surface area (TPSA) is 52.6 Å². The normalized spacial score (nSPS) is 28.7. The summed E-state index contributed by atoms with van der Waals surface area (Å²) in [6, 6.07) is 8.35. The number of fused-ring (bicyclic) bond motifs is 1. The number of anilines is 1. The molecule has 3 unspecified atom stereocenters. The van der Waals surface area contributed by atoms with E-state index in [1.165, 1.54) is 5.56 Å². The zero-order valence-electron chi connectivity index (χ0n) is 12.6. The number of para-hydroxylation sites is 1. The summed E-state index contributed by atoms with van der Waals surface area (Å²) in [6.07, 6.45) is 3.87. The van der Waals surface area contributed by atoms with Crippen molar-refractivity contribution in [3.05, 3.63) is 29.8 Å². The van der Waals surface area contributed by atoms with Crippen LogP contribution in [0.15, 0.2) is 24.3 Å². The second kappa shape index (κ2) is 6.06. The van der Waals surface area contributed by atoms with Crippen LogP contribution in [0.5, 0.6) is 0 Å². The third-order valence-electron chi connectivity index (χ3n) is 4.88. The highest BCUT2D eigenvalue weighted by molar-refractivity contribution is 5.82. The molecule has 0 radical (unpaired) electrons. The molecular weight excluding hydrogens is 264 g/mol. The molecule has 3 rings (SSSR count). The maximum absolute atomic E-state index is 12.9. The number of nitrogens with one attached hydrogen (secondary N) is 1. The number of likely N-dealkylation sites (tertiary alicyclic amines) is 1.